The van der Waals surface area contributed by atoms with Crippen molar-refractivity contribution in [1.82, 2.24) is 9.62 Å². The van der Waals surface area contributed by atoms with Gasteiger partial charge in [-0.15, -0.1) is 11.8 Å². The quantitative estimate of drug-likeness (QED) is 0.0564. The van der Waals surface area contributed by atoms with Crippen molar-refractivity contribution in [2.75, 3.05) is 61.9 Å². The fourth-order valence-corrected chi connectivity index (χ4v) is 9.74. The Hall–Kier alpha value is -4.92. The minimum atomic E-state index is -4.44. The summed E-state index contributed by atoms with van der Waals surface area (Å²) >= 11 is 7.78. The lowest BCUT2D eigenvalue weighted by atomic mass is 9.87. The SMILES string of the molecule is O=C(NS(=O)(=O)c1ccc(N[C@H](CCN2CCOCC2)CSc2ccccc2)c([N+](=O)[O-])c1)c1ccc(N2CCC(Cc3ccccc3-c3ccc(Cl)cc3)CC2)cc1. The van der Waals surface area contributed by atoms with Crippen molar-refractivity contribution in [3.05, 3.63) is 148 Å². The van der Waals surface area contributed by atoms with E-state index in [1.807, 2.05) is 54.6 Å². The number of nitrogens with one attached hydrogen (secondary N) is 2. The highest BCUT2D eigenvalue weighted by molar-refractivity contribution is 7.99. The molecule has 2 aliphatic heterocycles. The summed E-state index contributed by atoms with van der Waals surface area (Å²) in [6, 6.07) is 36.8. The molecule has 0 aromatic heterocycles. The van der Waals surface area contributed by atoms with E-state index in [1.165, 1.54) is 23.3 Å². The van der Waals surface area contributed by atoms with Gasteiger partial charge in [-0.1, -0.05) is 66.2 Å². The van der Waals surface area contributed by atoms with E-state index < -0.39 is 20.9 Å². The van der Waals surface area contributed by atoms with Crippen molar-refractivity contribution < 1.29 is 22.9 Å². The standard InChI is InChI=1S/C45H48ClN5O6S2/c46-37-14-10-34(11-15-37)42-9-5-4-6-36(42)30-33-20-24-50(25-21-33)39-16-12-35(13-17-39)45(52)48-59(55,56)41-18-19-43(44(31-41)51(53)54)47-38(22-23-49-26-28-57-29-27-49)32-58-40-7-2-1-3-8-40/h1-19,31,33,38,47H,20-30,32H2,(H,48,52)/t38-/m1/s1. The van der Waals surface area contributed by atoms with Crippen molar-refractivity contribution in [3.63, 3.8) is 0 Å². The van der Waals surface area contributed by atoms with Gasteiger partial charge in [-0.3, -0.25) is 19.8 Å². The number of ether oxygens (including phenoxy) is 1. The number of morpholine rings is 1. The van der Waals surface area contributed by atoms with Crippen LogP contribution in [0.1, 0.15) is 35.2 Å². The van der Waals surface area contributed by atoms with Crippen LogP contribution in [0.5, 0.6) is 0 Å². The van der Waals surface area contributed by atoms with Crippen LogP contribution in [0.25, 0.3) is 11.1 Å². The molecule has 2 N–H and O–H groups in total. The second kappa shape index (κ2) is 19.9. The minimum absolute atomic E-state index is 0.151. The number of nitrogens with zero attached hydrogens (tertiary/aromatic N) is 3. The number of thioether (sulfide) groups is 1. The van der Waals surface area contributed by atoms with Gasteiger partial charge in [-0.2, -0.15) is 0 Å². The molecule has 7 rings (SSSR count). The number of rotatable bonds is 16. The lowest BCUT2D eigenvalue weighted by Gasteiger charge is -2.34. The first-order valence-corrected chi connectivity index (χ1v) is 22.7. The normalized spacial score (nSPS) is 15.7. The van der Waals surface area contributed by atoms with Crippen LogP contribution < -0.4 is 14.9 Å². The largest absolute Gasteiger partial charge is 0.379 e. The monoisotopic (exact) mass is 853 g/mol. The number of sulfonamides is 1. The van der Waals surface area contributed by atoms with Crippen molar-refractivity contribution in [2.45, 2.75) is 41.5 Å². The minimum Gasteiger partial charge on any atom is -0.379 e. The van der Waals surface area contributed by atoms with E-state index in [2.05, 4.69) is 56.2 Å². The van der Waals surface area contributed by atoms with Gasteiger partial charge in [0.25, 0.3) is 21.6 Å². The van der Waals surface area contributed by atoms with E-state index in [0.717, 1.165) is 74.2 Å². The third-order valence-corrected chi connectivity index (χ3v) is 13.7. The third-order valence-electron chi connectivity index (χ3n) is 10.9. The summed E-state index contributed by atoms with van der Waals surface area (Å²) in [5.74, 6) is 0.344. The Balaban J connectivity index is 0.958. The number of halogens is 1. The van der Waals surface area contributed by atoms with Gasteiger partial charge in [0.2, 0.25) is 0 Å². The number of carbonyl (C=O) groups is 1. The highest BCUT2D eigenvalue weighted by Crippen LogP contribution is 2.33. The number of piperidine rings is 1. The van der Waals surface area contributed by atoms with E-state index in [0.29, 0.717) is 36.3 Å². The van der Waals surface area contributed by atoms with Crippen LogP contribution in [-0.2, 0) is 21.2 Å². The van der Waals surface area contributed by atoms with Crippen LogP contribution in [0.2, 0.25) is 5.02 Å². The molecule has 5 aromatic rings. The summed E-state index contributed by atoms with van der Waals surface area (Å²) in [5.41, 5.74) is 4.64. The molecular formula is C45H48ClN5O6S2. The molecule has 0 radical (unpaired) electrons. The molecule has 2 heterocycles. The molecule has 0 saturated carbocycles. The lowest BCUT2D eigenvalue weighted by Crippen LogP contribution is -2.39. The number of anilines is 2. The van der Waals surface area contributed by atoms with E-state index in [4.69, 9.17) is 16.3 Å². The number of hydrogen-bond donors (Lipinski definition) is 2. The maximum atomic E-state index is 13.4. The van der Waals surface area contributed by atoms with Gasteiger partial charge in [0.15, 0.2) is 0 Å². The Morgan fingerprint density at radius 3 is 2.29 bits per heavy atom. The molecule has 0 aliphatic carbocycles. The molecule has 0 spiro atoms. The summed E-state index contributed by atoms with van der Waals surface area (Å²) in [7, 11) is -4.44. The maximum Gasteiger partial charge on any atom is 0.293 e. The second-order valence-corrected chi connectivity index (χ2v) is 18.1. The summed E-state index contributed by atoms with van der Waals surface area (Å²) in [5, 5.41) is 16.3. The van der Waals surface area contributed by atoms with Crippen molar-refractivity contribution in [1.29, 1.82) is 0 Å². The molecule has 0 bridgehead atoms. The highest BCUT2D eigenvalue weighted by Gasteiger charge is 2.26. The van der Waals surface area contributed by atoms with Crippen molar-refractivity contribution >= 4 is 56.4 Å². The number of nitro groups is 1. The molecule has 59 heavy (non-hydrogen) atoms. The Kier molecular flexibility index (Phi) is 14.2. The van der Waals surface area contributed by atoms with Crippen LogP contribution in [0.3, 0.4) is 0 Å². The third kappa shape index (κ3) is 11.4. The molecule has 1 amide bonds. The summed E-state index contributed by atoms with van der Waals surface area (Å²) < 4.78 is 34.5. The van der Waals surface area contributed by atoms with Crippen LogP contribution in [0.15, 0.2) is 131 Å². The molecule has 2 saturated heterocycles. The van der Waals surface area contributed by atoms with Gasteiger partial charge in [0.05, 0.1) is 23.0 Å². The Morgan fingerprint density at radius 2 is 1.58 bits per heavy atom. The van der Waals surface area contributed by atoms with E-state index >= 15 is 0 Å². The smallest absolute Gasteiger partial charge is 0.293 e. The van der Waals surface area contributed by atoms with Crippen LogP contribution in [0.4, 0.5) is 17.1 Å². The fourth-order valence-electron chi connectivity index (χ4n) is 7.62. The highest BCUT2D eigenvalue weighted by atomic mass is 35.5. The Morgan fingerprint density at radius 1 is 0.881 bits per heavy atom. The van der Waals surface area contributed by atoms with Gasteiger partial charge in [-0.05, 0) is 109 Å². The maximum absolute atomic E-state index is 13.4. The average Bonchev–Trinajstić information content (AvgIpc) is 3.26. The molecule has 0 unspecified atom stereocenters. The number of carbonyl (C=O) groups excluding carboxylic acids is 1. The summed E-state index contributed by atoms with van der Waals surface area (Å²) in [6.07, 6.45) is 3.71. The van der Waals surface area contributed by atoms with E-state index in [9.17, 15) is 23.3 Å². The van der Waals surface area contributed by atoms with E-state index in [-0.39, 0.29) is 27.9 Å². The predicted octanol–water partition coefficient (Wildman–Crippen LogP) is 8.79. The van der Waals surface area contributed by atoms with Crippen molar-refractivity contribution in [2.24, 2.45) is 5.92 Å². The second-order valence-electron chi connectivity index (χ2n) is 14.9. The van der Waals surface area contributed by atoms with Gasteiger partial charge in [0.1, 0.15) is 5.69 Å². The first-order valence-electron chi connectivity index (χ1n) is 19.9. The molecular weight excluding hydrogens is 806 g/mol. The molecule has 2 aliphatic rings. The fraction of sp³-hybridized carbons (Fsp3) is 0.311. The first kappa shape index (κ1) is 42.2. The Bertz CT molecular complexity index is 2300. The Labute approximate surface area is 355 Å². The number of nitro benzene ring substituents is 1. The summed E-state index contributed by atoms with van der Waals surface area (Å²) in [6.45, 7) is 5.49. The van der Waals surface area contributed by atoms with Gasteiger partial charge >= 0.3 is 0 Å². The number of benzene rings is 5. The molecule has 14 heteroatoms. The number of amides is 1. The zero-order valence-corrected chi connectivity index (χ0v) is 35.1. The summed E-state index contributed by atoms with van der Waals surface area (Å²) in [4.78, 5) is 30.2. The molecule has 1 atom stereocenters. The van der Waals surface area contributed by atoms with E-state index in [1.54, 1.807) is 23.9 Å². The molecule has 2 fully saturated rings. The molecule has 5 aromatic carbocycles. The van der Waals surface area contributed by atoms with Crippen molar-refractivity contribution in [3.8, 4) is 11.1 Å². The molecule has 308 valence electrons. The topological polar surface area (TPSA) is 134 Å². The zero-order chi connectivity index (χ0) is 41.2. The van der Waals surface area contributed by atoms with Gasteiger partial charge in [0, 0.05) is 71.8 Å². The van der Waals surface area contributed by atoms with Gasteiger partial charge < -0.3 is 15.0 Å². The lowest BCUT2D eigenvalue weighted by molar-refractivity contribution is -0.384. The van der Waals surface area contributed by atoms with Crippen LogP contribution in [0, 0.1) is 16.0 Å². The van der Waals surface area contributed by atoms with Crippen LogP contribution >= 0.6 is 23.4 Å². The average molecular weight is 854 g/mol. The van der Waals surface area contributed by atoms with Crippen LogP contribution in [-0.4, -0.2) is 81.9 Å². The predicted molar refractivity (Wildman–Crippen MR) is 236 cm³/mol. The van der Waals surface area contributed by atoms with Gasteiger partial charge in [-0.25, -0.2) is 13.1 Å². The first-order chi connectivity index (χ1) is 28.6. The zero-order valence-electron chi connectivity index (χ0n) is 32.7. The number of hydrogen-bond acceptors (Lipinski definition) is 10. The molecule has 11 nitrogen and oxygen atoms in total.